The minimum Gasteiger partial charge on any atom is -0.508 e. The molecule has 10 nitrogen and oxygen atoms in total. The molecule has 0 bridgehead atoms. The first-order chi connectivity index (χ1) is 18.7. The highest BCUT2D eigenvalue weighted by molar-refractivity contribution is 5.68. The number of aromatic nitrogens is 4. The molecule has 0 radical (unpaired) electrons. The van der Waals surface area contributed by atoms with Crippen LogP contribution < -0.4 is 10.6 Å². The first-order valence-electron chi connectivity index (χ1n) is 12.4. The van der Waals surface area contributed by atoms with Crippen LogP contribution in [0.25, 0.3) is 16.8 Å². The standard InChI is InChI=1S/C27H29F2N7O3/c1-15-13-35(14-21(30)26(15)34(2)27(38)39-3)23-6-7-31-11-16(23)8-24-32-12-17-4-5-22(33-36(17)24)25-19(28)9-18(37)10-20(25)29/h4-7,9-12,15,21,26,37H,8,13-14,30H2,1-3H3/t15-,21+,26-/m0/s1. The van der Waals surface area contributed by atoms with Crippen LogP contribution in [0.1, 0.15) is 18.3 Å². The number of aromatic hydroxyl groups is 1. The zero-order valence-electron chi connectivity index (χ0n) is 21.8. The fraction of sp³-hybridized carbons (Fsp3) is 0.333. The molecule has 4 heterocycles. The monoisotopic (exact) mass is 537 g/mol. The van der Waals surface area contributed by atoms with E-state index in [9.17, 15) is 18.7 Å². The van der Waals surface area contributed by atoms with Crippen molar-refractivity contribution in [3.8, 4) is 17.0 Å². The van der Waals surface area contributed by atoms with Gasteiger partial charge in [0.2, 0.25) is 0 Å². The molecule has 4 aromatic rings. The number of piperidine rings is 1. The van der Waals surface area contributed by atoms with E-state index in [4.69, 9.17) is 10.5 Å². The largest absolute Gasteiger partial charge is 0.508 e. The number of imidazole rings is 1. The van der Waals surface area contributed by atoms with Crippen LogP contribution in [0.2, 0.25) is 0 Å². The molecule has 1 amide bonds. The minimum absolute atomic E-state index is 0.0606. The topological polar surface area (TPSA) is 122 Å². The average Bonchev–Trinajstić information content (AvgIpc) is 3.29. The van der Waals surface area contributed by atoms with Crippen LogP contribution in [0.5, 0.6) is 5.75 Å². The molecule has 1 fully saturated rings. The molecule has 3 aromatic heterocycles. The number of phenols is 1. The lowest BCUT2D eigenvalue weighted by Crippen LogP contribution is -2.62. The van der Waals surface area contributed by atoms with Crippen LogP contribution in [0.3, 0.4) is 0 Å². The Labute approximate surface area is 223 Å². The fourth-order valence-corrected chi connectivity index (χ4v) is 5.47. The number of halogens is 2. The Morgan fingerprint density at radius 2 is 1.95 bits per heavy atom. The molecule has 1 aliphatic heterocycles. The third-order valence-electron chi connectivity index (χ3n) is 7.18. The number of nitrogens with zero attached hydrogens (tertiary/aromatic N) is 6. The summed E-state index contributed by atoms with van der Waals surface area (Å²) in [6, 6.07) is 6.29. The van der Waals surface area contributed by atoms with Gasteiger partial charge < -0.3 is 25.4 Å². The molecule has 204 valence electrons. The minimum atomic E-state index is -0.915. The van der Waals surface area contributed by atoms with Crippen molar-refractivity contribution in [3.05, 3.63) is 71.9 Å². The number of hydrogen-bond donors (Lipinski definition) is 2. The number of ether oxygens (including phenoxy) is 1. The Morgan fingerprint density at radius 3 is 2.64 bits per heavy atom. The highest BCUT2D eigenvalue weighted by Crippen LogP contribution is 2.31. The molecule has 1 saturated heterocycles. The number of amides is 1. The van der Waals surface area contributed by atoms with Crippen molar-refractivity contribution < 1.29 is 23.4 Å². The lowest BCUT2D eigenvalue weighted by molar-refractivity contribution is 0.0905. The summed E-state index contributed by atoms with van der Waals surface area (Å²) in [4.78, 5) is 24.7. The van der Waals surface area contributed by atoms with Crippen LogP contribution in [-0.4, -0.2) is 75.0 Å². The van der Waals surface area contributed by atoms with E-state index in [2.05, 4.69) is 20.0 Å². The number of benzene rings is 1. The Balaban J connectivity index is 1.44. The van der Waals surface area contributed by atoms with Gasteiger partial charge in [0.1, 0.15) is 23.2 Å². The molecule has 1 aliphatic rings. The van der Waals surface area contributed by atoms with Gasteiger partial charge in [-0.25, -0.2) is 23.1 Å². The van der Waals surface area contributed by atoms with Crippen molar-refractivity contribution in [1.82, 2.24) is 24.5 Å². The Morgan fingerprint density at radius 1 is 1.21 bits per heavy atom. The molecule has 1 aromatic carbocycles. The number of phenolic OH excluding ortho intramolecular Hbond substituents is 1. The number of fused-ring (bicyclic) bond motifs is 1. The summed E-state index contributed by atoms with van der Waals surface area (Å²) in [5, 5.41) is 14.0. The predicted octanol–water partition coefficient (Wildman–Crippen LogP) is 3.22. The zero-order chi connectivity index (χ0) is 27.8. The molecule has 0 saturated carbocycles. The van der Waals surface area contributed by atoms with E-state index in [0.717, 1.165) is 23.4 Å². The van der Waals surface area contributed by atoms with Gasteiger partial charge in [-0.3, -0.25) is 4.98 Å². The van der Waals surface area contributed by atoms with Gasteiger partial charge in [0.15, 0.2) is 0 Å². The van der Waals surface area contributed by atoms with Crippen molar-refractivity contribution >= 4 is 17.3 Å². The van der Waals surface area contributed by atoms with E-state index in [0.29, 0.717) is 30.9 Å². The van der Waals surface area contributed by atoms with Crippen LogP contribution in [0, 0.1) is 17.6 Å². The lowest BCUT2D eigenvalue weighted by Gasteiger charge is -2.45. The molecule has 0 spiro atoms. The smallest absolute Gasteiger partial charge is 0.409 e. The lowest BCUT2D eigenvalue weighted by atomic mass is 9.88. The fourth-order valence-electron chi connectivity index (χ4n) is 5.47. The van der Waals surface area contributed by atoms with Gasteiger partial charge in [-0.1, -0.05) is 6.92 Å². The SMILES string of the molecule is COC(=O)N(C)[C@@H]1[C@H](N)CN(c2ccncc2Cc2ncc3ccc(-c4c(F)cc(O)cc4F)nn23)C[C@@H]1C. The quantitative estimate of drug-likeness (QED) is 0.398. The maximum absolute atomic E-state index is 14.5. The number of carbonyl (C=O) groups is 1. The Kier molecular flexibility index (Phi) is 7.04. The van der Waals surface area contributed by atoms with Crippen molar-refractivity contribution in [2.45, 2.75) is 25.4 Å². The van der Waals surface area contributed by atoms with Crippen molar-refractivity contribution in [2.24, 2.45) is 11.7 Å². The number of nitrogens with two attached hydrogens (primary N) is 1. The van der Waals surface area contributed by atoms with Crippen LogP contribution in [0.4, 0.5) is 19.3 Å². The van der Waals surface area contributed by atoms with E-state index in [1.165, 1.54) is 13.2 Å². The van der Waals surface area contributed by atoms with E-state index in [1.54, 1.807) is 41.1 Å². The molecule has 0 aliphatic carbocycles. The maximum Gasteiger partial charge on any atom is 0.409 e. The van der Waals surface area contributed by atoms with Gasteiger partial charge >= 0.3 is 6.09 Å². The first-order valence-corrected chi connectivity index (χ1v) is 12.4. The second-order valence-corrected chi connectivity index (χ2v) is 9.81. The summed E-state index contributed by atoms with van der Waals surface area (Å²) in [6.07, 6.45) is 5.02. The third-order valence-corrected chi connectivity index (χ3v) is 7.18. The average molecular weight is 538 g/mol. The Bertz CT molecular complexity index is 1490. The third kappa shape index (κ3) is 4.94. The molecule has 12 heteroatoms. The van der Waals surface area contributed by atoms with Crippen molar-refractivity contribution in [3.63, 3.8) is 0 Å². The van der Waals surface area contributed by atoms with Crippen LogP contribution in [-0.2, 0) is 11.2 Å². The van der Waals surface area contributed by atoms with Gasteiger partial charge in [0.25, 0.3) is 0 Å². The van der Waals surface area contributed by atoms with E-state index >= 15 is 0 Å². The normalized spacial score (nSPS) is 19.3. The summed E-state index contributed by atoms with van der Waals surface area (Å²) < 4.78 is 35.5. The van der Waals surface area contributed by atoms with Gasteiger partial charge in [-0.05, 0) is 24.1 Å². The summed E-state index contributed by atoms with van der Waals surface area (Å²) in [6.45, 7) is 3.21. The number of methoxy groups -OCH3 is 1. The van der Waals surface area contributed by atoms with Gasteiger partial charge in [-0.2, -0.15) is 5.10 Å². The maximum atomic E-state index is 14.5. The zero-order valence-corrected chi connectivity index (χ0v) is 21.8. The number of hydrogen-bond acceptors (Lipinski definition) is 8. The van der Waals surface area contributed by atoms with E-state index < -0.39 is 23.5 Å². The number of anilines is 1. The van der Waals surface area contributed by atoms with Crippen LogP contribution >= 0.6 is 0 Å². The predicted molar refractivity (Wildman–Crippen MR) is 140 cm³/mol. The van der Waals surface area contributed by atoms with Crippen molar-refractivity contribution in [2.75, 3.05) is 32.1 Å². The molecule has 5 rings (SSSR count). The molecular formula is C27H29F2N7O3. The molecular weight excluding hydrogens is 508 g/mol. The Hall–Kier alpha value is -4.32. The van der Waals surface area contributed by atoms with E-state index in [1.807, 2.05) is 13.0 Å². The summed E-state index contributed by atoms with van der Waals surface area (Å²) >= 11 is 0. The number of pyridine rings is 1. The second-order valence-electron chi connectivity index (χ2n) is 9.81. The summed E-state index contributed by atoms with van der Waals surface area (Å²) in [5.74, 6) is -1.72. The van der Waals surface area contributed by atoms with Crippen molar-refractivity contribution in [1.29, 1.82) is 0 Å². The molecule has 3 atom stereocenters. The second kappa shape index (κ2) is 10.4. The highest BCUT2D eigenvalue weighted by Gasteiger charge is 2.38. The van der Waals surface area contributed by atoms with Crippen LogP contribution in [0.15, 0.2) is 48.9 Å². The van der Waals surface area contributed by atoms with Gasteiger partial charge in [0, 0.05) is 68.4 Å². The van der Waals surface area contributed by atoms with Gasteiger partial charge in [0.05, 0.1) is 36.1 Å². The van der Waals surface area contributed by atoms with E-state index in [-0.39, 0.29) is 29.3 Å². The number of carbonyl (C=O) groups excluding carboxylic acids is 1. The molecule has 39 heavy (non-hydrogen) atoms. The molecule has 0 unspecified atom stereocenters. The van der Waals surface area contributed by atoms with Gasteiger partial charge in [-0.15, -0.1) is 0 Å². The molecule has 3 N–H and O–H groups in total. The number of rotatable bonds is 5. The first kappa shape index (κ1) is 26.3. The summed E-state index contributed by atoms with van der Waals surface area (Å²) in [5.41, 5.74) is 8.73. The highest BCUT2D eigenvalue weighted by atomic mass is 19.1. The summed E-state index contributed by atoms with van der Waals surface area (Å²) in [7, 11) is 3.04. The number of likely N-dealkylation sites (N-methyl/N-ethyl adjacent to an activating group) is 1.